The van der Waals surface area contributed by atoms with Crippen LogP contribution in [0.1, 0.15) is 32.0 Å². The summed E-state index contributed by atoms with van der Waals surface area (Å²) in [6.07, 6.45) is 7.83. The Morgan fingerprint density at radius 2 is 2.12 bits per heavy atom. The Kier molecular flexibility index (Phi) is 3.45. The maximum absolute atomic E-state index is 11.1. The number of fused-ring (bicyclic) bond motifs is 1. The molecule has 0 unspecified atom stereocenters. The SMILES string of the molecule is CC(C)n1cc([C@]2(O)CCN(c3ccnc4ccncc34)C2)nn1. The Hall–Kier alpha value is -2.54. The summed E-state index contributed by atoms with van der Waals surface area (Å²) in [7, 11) is 0. The second kappa shape index (κ2) is 5.52. The average Bonchev–Trinajstić information content (AvgIpc) is 3.22. The molecule has 0 saturated carbocycles. The summed E-state index contributed by atoms with van der Waals surface area (Å²) in [6, 6.07) is 4.10. The molecular weight excluding hydrogens is 304 g/mol. The third-order valence-electron chi connectivity index (χ3n) is 4.62. The first-order chi connectivity index (χ1) is 11.6. The van der Waals surface area contributed by atoms with E-state index in [0.29, 0.717) is 18.7 Å². The summed E-state index contributed by atoms with van der Waals surface area (Å²) < 4.78 is 1.78. The first kappa shape index (κ1) is 15.0. The topological polar surface area (TPSA) is 80.0 Å². The van der Waals surface area contributed by atoms with Crippen LogP contribution >= 0.6 is 0 Å². The zero-order valence-electron chi connectivity index (χ0n) is 13.8. The number of hydrogen-bond acceptors (Lipinski definition) is 6. The van der Waals surface area contributed by atoms with Crippen LogP contribution in [-0.4, -0.2) is 43.2 Å². The molecule has 0 radical (unpaired) electrons. The van der Waals surface area contributed by atoms with Crippen molar-refractivity contribution in [2.45, 2.75) is 31.9 Å². The highest BCUT2D eigenvalue weighted by Crippen LogP contribution is 2.36. The van der Waals surface area contributed by atoms with Gasteiger partial charge in [0.15, 0.2) is 0 Å². The van der Waals surface area contributed by atoms with Crippen LogP contribution in [0.5, 0.6) is 0 Å². The highest BCUT2D eigenvalue weighted by molar-refractivity contribution is 5.90. The van der Waals surface area contributed by atoms with Crippen LogP contribution < -0.4 is 4.90 Å². The summed E-state index contributed by atoms with van der Waals surface area (Å²) >= 11 is 0. The first-order valence-electron chi connectivity index (χ1n) is 8.15. The molecule has 1 fully saturated rings. The van der Waals surface area contributed by atoms with Gasteiger partial charge in [0.05, 0.1) is 18.3 Å². The number of aromatic nitrogens is 5. The van der Waals surface area contributed by atoms with Crippen molar-refractivity contribution in [1.29, 1.82) is 0 Å². The number of anilines is 1. The number of hydrogen-bond donors (Lipinski definition) is 1. The minimum absolute atomic E-state index is 0.225. The maximum Gasteiger partial charge on any atom is 0.129 e. The van der Waals surface area contributed by atoms with Crippen molar-refractivity contribution >= 4 is 16.6 Å². The molecule has 124 valence electrons. The van der Waals surface area contributed by atoms with Gasteiger partial charge in [-0.2, -0.15) is 0 Å². The van der Waals surface area contributed by atoms with Gasteiger partial charge in [0.1, 0.15) is 11.3 Å². The van der Waals surface area contributed by atoms with E-state index in [1.165, 1.54) is 0 Å². The fraction of sp³-hybridized carbons (Fsp3) is 0.412. The molecule has 24 heavy (non-hydrogen) atoms. The molecule has 0 aromatic carbocycles. The molecule has 1 saturated heterocycles. The molecule has 7 nitrogen and oxygen atoms in total. The minimum atomic E-state index is -0.981. The van der Waals surface area contributed by atoms with Crippen molar-refractivity contribution in [3.8, 4) is 0 Å². The molecule has 3 aromatic heterocycles. The minimum Gasteiger partial charge on any atom is -0.381 e. The first-order valence-corrected chi connectivity index (χ1v) is 8.15. The van der Waals surface area contributed by atoms with Gasteiger partial charge in [0.25, 0.3) is 0 Å². The number of nitrogens with zero attached hydrogens (tertiary/aromatic N) is 6. The van der Waals surface area contributed by atoms with Gasteiger partial charge in [0.2, 0.25) is 0 Å². The summed E-state index contributed by atoms with van der Waals surface area (Å²) in [6.45, 7) is 5.32. The molecular formula is C17H20N6O. The fourth-order valence-corrected chi connectivity index (χ4v) is 3.20. The van der Waals surface area contributed by atoms with Crippen molar-refractivity contribution in [3.63, 3.8) is 0 Å². The fourth-order valence-electron chi connectivity index (χ4n) is 3.20. The molecule has 4 heterocycles. The molecule has 0 aliphatic carbocycles. The molecule has 0 amide bonds. The molecule has 3 aromatic rings. The molecule has 1 atom stereocenters. The van der Waals surface area contributed by atoms with Gasteiger partial charge in [-0.1, -0.05) is 5.21 Å². The smallest absolute Gasteiger partial charge is 0.129 e. The summed E-state index contributed by atoms with van der Waals surface area (Å²) in [5.41, 5.74) is 1.60. The van der Waals surface area contributed by atoms with Crippen molar-refractivity contribution in [1.82, 2.24) is 25.0 Å². The monoisotopic (exact) mass is 324 g/mol. The Labute approximate surface area is 140 Å². The van der Waals surface area contributed by atoms with E-state index in [4.69, 9.17) is 0 Å². The Morgan fingerprint density at radius 1 is 1.25 bits per heavy atom. The van der Waals surface area contributed by atoms with E-state index in [0.717, 1.165) is 23.1 Å². The van der Waals surface area contributed by atoms with Gasteiger partial charge < -0.3 is 10.0 Å². The molecule has 7 heteroatoms. The van der Waals surface area contributed by atoms with E-state index in [2.05, 4.69) is 25.2 Å². The largest absolute Gasteiger partial charge is 0.381 e. The van der Waals surface area contributed by atoms with Crippen molar-refractivity contribution in [2.75, 3.05) is 18.0 Å². The normalized spacial score (nSPS) is 21.1. The molecule has 4 rings (SSSR count). The van der Waals surface area contributed by atoms with Crippen LogP contribution in [0.15, 0.2) is 36.9 Å². The van der Waals surface area contributed by atoms with Gasteiger partial charge >= 0.3 is 0 Å². The van der Waals surface area contributed by atoms with E-state index in [-0.39, 0.29) is 6.04 Å². The van der Waals surface area contributed by atoms with E-state index in [1.54, 1.807) is 17.1 Å². The van der Waals surface area contributed by atoms with Crippen LogP contribution in [0.3, 0.4) is 0 Å². The third kappa shape index (κ3) is 2.41. The van der Waals surface area contributed by atoms with Gasteiger partial charge in [0, 0.05) is 48.7 Å². The lowest BCUT2D eigenvalue weighted by Gasteiger charge is -2.23. The number of aliphatic hydroxyl groups is 1. The third-order valence-corrected chi connectivity index (χ3v) is 4.62. The van der Waals surface area contributed by atoms with Gasteiger partial charge in [-0.3, -0.25) is 9.97 Å². The van der Waals surface area contributed by atoms with Gasteiger partial charge in [-0.05, 0) is 26.0 Å². The predicted octanol–water partition coefficient (Wildman–Crippen LogP) is 1.90. The molecule has 0 spiro atoms. The highest BCUT2D eigenvalue weighted by atomic mass is 16.3. The quantitative estimate of drug-likeness (QED) is 0.792. The summed E-state index contributed by atoms with van der Waals surface area (Å²) in [5, 5.41) is 20.4. The van der Waals surface area contributed by atoms with Gasteiger partial charge in [-0.25, -0.2) is 4.68 Å². The second-order valence-corrected chi connectivity index (χ2v) is 6.60. The van der Waals surface area contributed by atoms with Crippen LogP contribution in [0.25, 0.3) is 10.9 Å². The lowest BCUT2D eigenvalue weighted by molar-refractivity contribution is 0.0559. The molecule has 1 aliphatic rings. The summed E-state index contributed by atoms with van der Waals surface area (Å²) in [4.78, 5) is 10.7. The van der Waals surface area contributed by atoms with Crippen LogP contribution in [0, 0.1) is 0 Å². The number of rotatable bonds is 3. The van der Waals surface area contributed by atoms with Crippen LogP contribution in [-0.2, 0) is 5.60 Å². The summed E-state index contributed by atoms with van der Waals surface area (Å²) in [5.74, 6) is 0. The Morgan fingerprint density at radius 3 is 2.92 bits per heavy atom. The molecule has 1 N–H and O–H groups in total. The highest BCUT2D eigenvalue weighted by Gasteiger charge is 2.40. The molecule has 1 aliphatic heterocycles. The predicted molar refractivity (Wildman–Crippen MR) is 90.7 cm³/mol. The van der Waals surface area contributed by atoms with E-state index >= 15 is 0 Å². The standard InChI is InChI=1S/C17H20N6O/c1-12(2)23-10-16(20-21-23)17(24)5-8-22(11-17)15-4-7-19-14-3-6-18-9-13(14)15/h3-4,6-7,9-10,12,24H,5,8,11H2,1-2H3/t17-/m0/s1. The zero-order chi connectivity index (χ0) is 16.7. The average molecular weight is 324 g/mol. The van der Waals surface area contributed by atoms with Gasteiger partial charge in [-0.15, -0.1) is 5.10 Å². The Bertz CT molecular complexity index is 871. The van der Waals surface area contributed by atoms with E-state index < -0.39 is 5.60 Å². The van der Waals surface area contributed by atoms with Crippen LogP contribution in [0.4, 0.5) is 5.69 Å². The van der Waals surface area contributed by atoms with Crippen molar-refractivity contribution in [3.05, 3.63) is 42.6 Å². The van der Waals surface area contributed by atoms with Crippen molar-refractivity contribution < 1.29 is 5.11 Å². The van der Waals surface area contributed by atoms with Crippen LogP contribution in [0.2, 0.25) is 0 Å². The van der Waals surface area contributed by atoms with E-state index in [1.807, 2.05) is 38.4 Å². The lowest BCUT2D eigenvalue weighted by atomic mass is 10.00. The number of β-amino-alcohol motifs (C(OH)–C–C–N with tert-alkyl or cyclic N) is 1. The maximum atomic E-state index is 11.1. The lowest BCUT2D eigenvalue weighted by Crippen LogP contribution is -2.31. The van der Waals surface area contributed by atoms with Crippen molar-refractivity contribution in [2.24, 2.45) is 0 Å². The van der Waals surface area contributed by atoms with E-state index in [9.17, 15) is 5.11 Å². The molecule has 0 bridgehead atoms. The number of pyridine rings is 2. The zero-order valence-corrected chi connectivity index (χ0v) is 13.8. The second-order valence-electron chi connectivity index (χ2n) is 6.60. The Balaban J connectivity index is 1.65.